The highest BCUT2D eigenvalue weighted by atomic mass is 16.6. The molecule has 0 radical (unpaired) electrons. The van der Waals surface area contributed by atoms with Gasteiger partial charge in [-0.25, -0.2) is 4.79 Å². The van der Waals surface area contributed by atoms with Crippen LogP contribution < -0.4 is 26.6 Å². The van der Waals surface area contributed by atoms with E-state index >= 15 is 0 Å². The van der Waals surface area contributed by atoms with E-state index in [9.17, 15) is 34.2 Å². The topological polar surface area (TPSA) is 272 Å². The highest BCUT2D eigenvalue weighted by molar-refractivity contribution is 6.39. The number of Topliss-reactive ketones (excluding diaryl/α,β-unsaturated/α-hetero) is 3. The second-order valence-corrected chi connectivity index (χ2v) is 25.7. The second-order valence-electron chi connectivity index (χ2n) is 25.7. The first kappa shape index (κ1) is 94.4. The molecule has 0 aromatic rings. The molecule has 2 unspecified atom stereocenters. The van der Waals surface area contributed by atoms with E-state index in [2.05, 4.69) is 40.4 Å². The number of carbonyl (C=O) groups is 5. The maximum atomic E-state index is 14.5. The van der Waals surface area contributed by atoms with Crippen LogP contribution >= 0.6 is 0 Å². The van der Waals surface area contributed by atoms with Gasteiger partial charge in [0.1, 0.15) is 30.1 Å². The summed E-state index contributed by atoms with van der Waals surface area (Å²) in [6, 6.07) is -0.885. The van der Waals surface area contributed by atoms with Gasteiger partial charge in [0.15, 0.2) is 5.78 Å². The summed E-state index contributed by atoms with van der Waals surface area (Å²) in [5, 5.41) is 38.9. The van der Waals surface area contributed by atoms with Crippen molar-refractivity contribution >= 4 is 29.2 Å². The Bertz CT molecular complexity index is 2160. The number of rotatable bonds is 22. The predicted molar refractivity (Wildman–Crippen MR) is 385 cm³/mol. The van der Waals surface area contributed by atoms with Crippen molar-refractivity contribution in [1.29, 1.82) is 0 Å². The molecule has 1 amide bonds. The Morgan fingerprint density at radius 1 is 0.729 bits per heavy atom. The monoisotopic (exact) mass is 1370 g/mol. The van der Waals surface area contributed by atoms with Gasteiger partial charge in [-0.3, -0.25) is 19.2 Å². The molecule has 3 heterocycles. The Morgan fingerprint density at radius 3 is 1.93 bits per heavy atom. The van der Waals surface area contributed by atoms with E-state index in [1.165, 1.54) is 18.4 Å². The third-order valence-electron chi connectivity index (χ3n) is 17.9. The molecule has 1 saturated carbocycles. The first-order valence-electron chi connectivity index (χ1n) is 35.7. The molecule has 96 heavy (non-hydrogen) atoms. The van der Waals surface area contributed by atoms with Crippen LogP contribution in [0, 0.1) is 35.5 Å². The van der Waals surface area contributed by atoms with Crippen molar-refractivity contribution < 1.29 is 76.8 Å². The maximum absolute atomic E-state index is 14.5. The van der Waals surface area contributed by atoms with E-state index in [1.807, 2.05) is 107 Å². The maximum Gasteiger partial charge on any atom is 0.329 e. The summed E-state index contributed by atoms with van der Waals surface area (Å²) in [5.74, 6) is -7.59. The normalized spacial score (nSPS) is 30.6. The Balaban J connectivity index is 0. The number of piperidine rings is 1. The number of carbonyl (C=O) groups excluding carboxylic acids is 5. The lowest BCUT2D eigenvalue weighted by atomic mass is 9.77. The van der Waals surface area contributed by atoms with Crippen molar-refractivity contribution in [2.45, 2.75) is 227 Å². The number of hydrogen-bond donors (Lipinski definition) is 7. The van der Waals surface area contributed by atoms with E-state index in [1.54, 1.807) is 62.4 Å². The number of cyclic esters (lactones) is 1. The number of amides is 1. The lowest BCUT2D eigenvalue weighted by molar-refractivity contribution is -0.265. The van der Waals surface area contributed by atoms with Crippen molar-refractivity contribution in [1.82, 2.24) is 31.5 Å². The highest BCUT2D eigenvalue weighted by Gasteiger charge is 2.53. The fraction of sp³-hybridized carbons (Fsp3) is 0.824. The van der Waals surface area contributed by atoms with Crippen LogP contribution in [-0.2, 0) is 66.6 Å². The van der Waals surface area contributed by atoms with Gasteiger partial charge in [-0.15, -0.1) is 0 Å². The van der Waals surface area contributed by atoms with Gasteiger partial charge in [0.05, 0.1) is 50.8 Å². The Hall–Kier alpha value is -3.69. The molecule has 562 valence electrons. The van der Waals surface area contributed by atoms with Gasteiger partial charge in [0, 0.05) is 105 Å². The third-order valence-corrected chi connectivity index (χ3v) is 17.9. The fourth-order valence-corrected chi connectivity index (χ4v) is 11.9. The van der Waals surface area contributed by atoms with Crippen LogP contribution in [0.3, 0.4) is 0 Å². The van der Waals surface area contributed by atoms with Crippen molar-refractivity contribution in [3.05, 3.63) is 47.6 Å². The number of esters is 1. The molecule has 22 heteroatoms. The fourth-order valence-electron chi connectivity index (χ4n) is 11.9. The van der Waals surface area contributed by atoms with Gasteiger partial charge >= 0.3 is 5.97 Å². The average molecular weight is 1370 g/mol. The number of allylic oxidation sites excluding steroid dienone is 6. The number of fused-ring (bicyclic) bond motifs is 3. The number of aliphatic hydroxyl groups excluding tert-OH is 1. The van der Waals surface area contributed by atoms with Crippen LogP contribution in [-0.4, -0.2) is 241 Å². The van der Waals surface area contributed by atoms with Crippen molar-refractivity contribution in [3.63, 3.8) is 0 Å². The minimum Gasteiger partial charge on any atom is -0.460 e. The standard InChI is InChI=1S/C53H84N2O12.C6H15NO2.C5H13NO.C4H11NO.C4H11N.C2H6/c1-12-54-41-24-22-39(29-46(41)64-10)28-35(5)45-31-43(56)34(4)27-37(7)48(58)49(65-11)47(57)36(6)26-32(2)18-14-13-15-19-33(3)44(63-9)30-40-23-21-38(8)53(62,67-40)50(59)51(60)55-25-17-16-20-42(55)52(61)66-45;1-7-3-4-9-6-5-8-2;1-5(7-3)4-6-2;1-5-3-4-6-2;1-3-4-5-2;1-2/h13-15,18-19,27,32,34-36,38-42,44-46,48-49,54,58,62H,12,16-17,20-26,28-31H2,1-11H3;7H,3-6H2,1-2H3;5-6H,4H2,1-3H3;5H,3-4H2,1-2H3;5H,3-4H2,1-2H3;1-2H3/b15-13+,18-14+,33-19+,37-27+;;;;;/t32-,34-,35-,36-,38-,39+,40+,41-,42?,44+,45+,46-,48-,49+,53-;;;;;/m1...../s1. The Kier molecular flexibility index (Phi) is 56.0. The zero-order valence-corrected chi connectivity index (χ0v) is 63.9. The first-order valence-corrected chi connectivity index (χ1v) is 35.7. The number of likely N-dealkylation sites (N-methyl/N-ethyl adjacent to an activating group) is 4. The molecule has 3 aliphatic heterocycles. The summed E-state index contributed by atoms with van der Waals surface area (Å²) in [4.78, 5) is 72.2. The molecular formula is C74H140N6O16. The van der Waals surface area contributed by atoms with E-state index in [0.717, 1.165) is 70.8 Å². The molecule has 0 aromatic heterocycles. The molecule has 4 rings (SSSR count). The number of hydrogen-bond acceptors (Lipinski definition) is 21. The molecule has 0 spiro atoms. The van der Waals surface area contributed by atoms with E-state index < -0.39 is 77.8 Å². The molecule has 4 aliphatic rings. The van der Waals surface area contributed by atoms with E-state index in [0.29, 0.717) is 69.8 Å². The number of methoxy groups -OCH3 is 6. The highest BCUT2D eigenvalue weighted by Crippen LogP contribution is 2.38. The van der Waals surface area contributed by atoms with Crippen molar-refractivity contribution in [2.75, 3.05) is 137 Å². The quantitative estimate of drug-likeness (QED) is 0.0232. The average Bonchev–Trinajstić information content (AvgIpc) is 0.782. The minimum atomic E-state index is -2.42. The molecule has 3 fully saturated rings. The molecular weight excluding hydrogens is 1230 g/mol. The lowest BCUT2D eigenvalue weighted by Crippen LogP contribution is -2.61. The van der Waals surface area contributed by atoms with Gasteiger partial charge < -0.3 is 84.3 Å². The number of ketones is 3. The molecule has 2 saturated heterocycles. The van der Waals surface area contributed by atoms with Crippen LogP contribution in [0.5, 0.6) is 0 Å². The zero-order chi connectivity index (χ0) is 73.2. The largest absolute Gasteiger partial charge is 0.460 e. The van der Waals surface area contributed by atoms with Gasteiger partial charge in [0.25, 0.3) is 11.7 Å². The van der Waals surface area contributed by atoms with Crippen LogP contribution in [0.1, 0.15) is 167 Å². The summed E-state index contributed by atoms with van der Waals surface area (Å²) in [5.41, 5.74) is 1.29. The molecule has 1 aliphatic carbocycles. The first-order chi connectivity index (χ1) is 45.8. The molecule has 2 bridgehead atoms. The third kappa shape index (κ3) is 37.1. The number of ether oxygens (including phenoxy) is 9. The smallest absolute Gasteiger partial charge is 0.329 e. The number of nitrogens with one attached hydrogen (secondary N) is 5. The van der Waals surface area contributed by atoms with E-state index in [-0.39, 0.29) is 60.9 Å². The minimum absolute atomic E-state index is 0.00877. The van der Waals surface area contributed by atoms with Gasteiger partial charge in [-0.05, 0) is 162 Å². The molecule has 22 nitrogen and oxygen atoms in total. The Morgan fingerprint density at radius 2 is 1.39 bits per heavy atom. The van der Waals surface area contributed by atoms with Gasteiger partial charge in [0.2, 0.25) is 5.79 Å². The number of nitrogens with zero attached hydrogens (tertiary/aromatic N) is 1. The molecule has 7 N–H and O–H groups in total. The second kappa shape index (κ2) is 57.0. The van der Waals surface area contributed by atoms with Gasteiger partial charge in [-0.2, -0.15) is 0 Å². The summed E-state index contributed by atoms with van der Waals surface area (Å²) >= 11 is 0. The zero-order valence-electron chi connectivity index (χ0n) is 63.9. The lowest BCUT2D eigenvalue weighted by Gasteiger charge is -2.42. The molecule has 16 atom stereocenters. The van der Waals surface area contributed by atoms with Gasteiger partial charge in [-0.1, -0.05) is 98.8 Å². The van der Waals surface area contributed by atoms with Crippen LogP contribution in [0.2, 0.25) is 0 Å². The van der Waals surface area contributed by atoms with Crippen LogP contribution in [0.15, 0.2) is 47.6 Å². The van der Waals surface area contributed by atoms with Crippen molar-refractivity contribution in [2.24, 2.45) is 35.5 Å². The predicted octanol–water partition coefficient (Wildman–Crippen LogP) is 8.40. The van der Waals surface area contributed by atoms with Crippen LogP contribution in [0.4, 0.5) is 0 Å². The SMILES string of the molecule is CC.CCCNC.CCN[C@@H]1CC[C@@H](C[C@@H](C)[C@@H]2CC(=O)[C@H](C)/C=C(\C)[C@@H](O)[C@@H](OC)C(=O)[C@H](C)C[C@H](C)/C=C/C=C/C=C(\C)[C@@H](OC)C[C@@H]3CC[C@@H](C)[C@@](O)(O3)C(=O)C(=O)N3CCCCC3C(=O)O2)C[C@H]1OC.CNCC(C)OC.CNCCOC.CNCCOCCOC. The molecule has 0 aromatic carbocycles. The summed E-state index contributed by atoms with van der Waals surface area (Å²) < 4.78 is 49.4. The van der Waals surface area contributed by atoms with Crippen LogP contribution in [0.25, 0.3) is 0 Å². The van der Waals surface area contributed by atoms with E-state index in [4.69, 9.17) is 42.6 Å². The Labute approximate surface area is 582 Å². The summed E-state index contributed by atoms with van der Waals surface area (Å²) in [7, 11) is 17.4. The summed E-state index contributed by atoms with van der Waals surface area (Å²) in [6.45, 7) is 30.8. The number of aliphatic hydroxyl groups is 2. The van der Waals surface area contributed by atoms with Crippen molar-refractivity contribution in [3.8, 4) is 0 Å². The summed E-state index contributed by atoms with van der Waals surface area (Å²) in [6.07, 6.45) is 14.9.